The summed E-state index contributed by atoms with van der Waals surface area (Å²) in [6.45, 7) is 4.02. The second kappa shape index (κ2) is 8.60. The molecule has 1 saturated heterocycles. The standard InChI is InChI=1S/C21H19FN6O3S/c22-15-11-14(28(29)30)3-4-18(15)31-19-5-6-23-16-12-20(32-21(16)19)17-13-27(25-24-17)10-9-26-7-1-2-8-26/h3-6,11-13H,1-2,7-10H2. The van der Waals surface area contributed by atoms with Crippen LogP contribution in [0.4, 0.5) is 10.1 Å². The number of nitro groups is 1. The Morgan fingerprint density at radius 3 is 2.78 bits per heavy atom. The number of nitro benzene ring substituents is 1. The quantitative estimate of drug-likeness (QED) is 0.300. The van der Waals surface area contributed by atoms with Gasteiger partial charge in [0.15, 0.2) is 11.6 Å². The topological polar surface area (TPSA) is 99.2 Å². The molecule has 0 amide bonds. The van der Waals surface area contributed by atoms with Gasteiger partial charge in [0.05, 0.1) is 38.8 Å². The second-order valence-electron chi connectivity index (χ2n) is 7.52. The van der Waals surface area contributed by atoms with E-state index in [0.717, 1.165) is 47.5 Å². The van der Waals surface area contributed by atoms with Crippen LogP contribution in [0, 0.1) is 15.9 Å². The van der Waals surface area contributed by atoms with E-state index in [2.05, 4.69) is 20.2 Å². The predicted octanol–water partition coefficient (Wildman–Crippen LogP) is 4.49. The van der Waals surface area contributed by atoms with Crippen molar-refractivity contribution in [1.29, 1.82) is 0 Å². The van der Waals surface area contributed by atoms with Gasteiger partial charge in [0, 0.05) is 24.9 Å². The molecule has 0 radical (unpaired) electrons. The Morgan fingerprint density at radius 1 is 1.16 bits per heavy atom. The first kappa shape index (κ1) is 20.5. The van der Waals surface area contributed by atoms with E-state index in [1.54, 1.807) is 12.3 Å². The molecular weight excluding hydrogens is 435 g/mol. The summed E-state index contributed by atoms with van der Waals surface area (Å²) in [7, 11) is 0. The van der Waals surface area contributed by atoms with Crippen LogP contribution in [0.3, 0.4) is 0 Å². The van der Waals surface area contributed by atoms with Gasteiger partial charge in [0.2, 0.25) is 0 Å². The fourth-order valence-electron chi connectivity index (χ4n) is 3.70. The minimum absolute atomic E-state index is 0.0918. The highest BCUT2D eigenvalue weighted by Crippen LogP contribution is 2.39. The first-order valence-electron chi connectivity index (χ1n) is 10.2. The van der Waals surface area contributed by atoms with E-state index in [-0.39, 0.29) is 11.4 Å². The van der Waals surface area contributed by atoms with Gasteiger partial charge in [-0.1, -0.05) is 5.21 Å². The summed E-state index contributed by atoms with van der Waals surface area (Å²) in [5.41, 5.74) is 1.10. The summed E-state index contributed by atoms with van der Waals surface area (Å²) < 4.78 is 22.6. The molecule has 164 valence electrons. The van der Waals surface area contributed by atoms with Gasteiger partial charge in [-0.2, -0.15) is 0 Å². The highest BCUT2D eigenvalue weighted by Gasteiger charge is 2.17. The van der Waals surface area contributed by atoms with E-state index in [0.29, 0.717) is 11.3 Å². The van der Waals surface area contributed by atoms with Gasteiger partial charge < -0.3 is 9.64 Å². The summed E-state index contributed by atoms with van der Waals surface area (Å²) in [6.07, 6.45) is 6.00. The first-order chi connectivity index (χ1) is 15.6. The Balaban J connectivity index is 1.37. The van der Waals surface area contributed by atoms with Crippen LogP contribution in [0.1, 0.15) is 12.8 Å². The van der Waals surface area contributed by atoms with Gasteiger partial charge in [-0.3, -0.25) is 19.8 Å². The summed E-state index contributed by atoms with van der Waals surface area (Å²) >= 11 is 1.42. The second-order valence-corrected chi connectivity index (χ2v) is 8.58. The van der Waals surface area contributed by atoms with Crippen molar-refractivity contribution in [3.63, 3.8) is 0 Å². The molecule has 0 bridgehead atoms. The number of halogens is 1. The van der Waals surface area contributed by atoms with Crippen molar-refractivity contribution in [2.24, 2.45) is 0 Å². The third-order valence-corrected chi connectivity index (χ3v) is 6.52. The number of hydrogen-bond acceptors (Lipinski definition) is 8. The fraction of sp³-hybridized carbons (Fsp3) is 0.286. The molecule has 0 aliphatic carbocycles. The number of rotatable bonds is 7. The molecule has 0 saturated carbocycles. The maximum Gasteiger partial charge on any atom is 0.272 e. The smallest absolute Gasteiger partial charge is 0.272 e. The number of benzene rings is 1. The Morgan fingerprint density at radius 2 is 2.00 bits per heavy atom. The molecule has 5 rings (SSSR count). The third-order valence-electron chi connectivity index (χ3n) is 5.36. The molecule has 1 fully saturated rings. The van der Waals surface area contributed by atoms with Crippen LogP contribution < -0.4 is 4.74 Å². The van der Waals surface area contributed by atoms with Crippen LogP contribution in [0.5, 0.6) is 11.5 Å². The normalized spacial score (nSPS) is 14.3. The zero-order chi connectivity index (χ0) is 22.1. The Kier molecular flexibility index (Phi) is 5.50. The number of nitrogens with zero attached hydrogens (tertiary/aromatic N) is 6. The average Bonchev–Trinajstić information content (AvgIpc) is 3.53. The molecule has 4 aromatic rings. The molecule has 0 spiro atoms. The maximum absolute atomic E-state index is 14.3. The molecule has 0 atom stereocenters. The van der Waals surface area contributed by atoms with Gasteiger partial charge >= 0.3 is 0 Å². The first-order valence-corrected chi connectivity index (χ1v) is 11.0. The van der Waals surface area contributed by atoms with Crippen LogP contribution in [-0.4, -0.2) is 49.4 Å². The van der Waals surface area contributed by atoms with Crippen molar-refractivity contribution in [2.45, 2.75) is 19.4 Å². The van der Waals surface area contributed by atoms with E-state index in [4.69, 9.17) is 4.74 Å². The fourth-order valence-corrected chi connectivity index (χ4v) is 4.71. The van der Waals surface area contributed by atoms with Gasteiger partial charge in [0.1, 0.15) is 11.4 Å². The molecular formula is C21H19FN6O3S. The lowest BCUT2D eigenvalue weighted by Crippen LogP contribution is -2.24. The Hall–Kier alpha value is -3.44. The van der Waals surface area contributed by atoms with Crippen LogP contribution in [0.25, 0.3) is 20.8 Å². The molecule has 4 heterocycles. The molecule has 0 unspecified atom stereocenters. The van der Waals surface area contributed by atoms with E-state index in [9.17, 15) is 14.5 Å². The van der Waals surface area contributed by atoms with Crippen LogP contribution >= 0.6 is 11.3 Å². The maximum atomic E-state index is 14.3. The number of fused-ring (bicyclic) bond motifs is 1. The van der Waals surface area contributed by atoms with Crippen LogP contribution in [0.15, 0.2) is 42.7 Å². The molecule has 1 aliphatic heterocycles. The van der Waals surface area contributed by atoms with Crippen LogP contribution in [-0.2, 0) is 6.54 Å². The number of non-ortho nitro benzene ring substituents is 1. The summed E-state index contributed by atoms with van der Waals surface area (Å²) in [5.74, 6) is -0.478. The molecule has 1 aliphatic rings. The lowest BCUT2D eigenvalue weighted by Gasteiger charge is -2.13. The van der Waals surface area contributed by atoms with Crippen LogP contribution in [0.2, 0.25) is 0 Å². The van der Waals surface area contributed by atoms with Gasteiger partial charge in [-0.15, -0.1) is 16.4 Å². The Labute approximate surface area is 186 Å². The van der Waals surface area contributed by atoms with E-state index in [1.807, 2.05) is 16.9 Å². The largest absolute Gasteiger partial charge is 0.453 e. The van der Waals surface area contributed by atoms with Crippen molar-refractivity contribution in [3.8, 4) is 22.1 Å². The number of likely N-dealkylation sites (tertiary alicyclic amines) is 1. The van der Waals surface area contributed by atoms with Gasteiger partial charge in [0.25, 0.3) is 5.69 Å². The van der Waals surface area contributed by atoms with Gasteiger partial charge in [-0.25, -0.2) is 4.39 Å². The summed E-state index contributed by atoms with van der Waals surface area (Å²) in [4.78, 5) is 17.8. The molecule has 0 N–H and O–H groups in total. The zero-order valence-electron chi connectivity index (χ0n) is 17.0. The van der Waals surface area contributed by atoms with Crippen molar-refractivity contribution in [2.75, 3.05) is 19.6 Å². The minimum Gasteiger partial charge on any atom is -0.453 e. The third kappa shape index (κ3) is 4.16. The van der Waals surface area contributed by atoms with E-state index in [1.165, 1.54) is 36.3 Å². The van der Waals surface area contributed by atoms with Crippen molar-refractivity contribution in [1.82, 2.24) is 24.9 Å². The lowest BCUT2D eigenvalue weighted by atomic mass is 10.3. The number of ether oxygens (including phenoxy) is 1. The summed E-state index contributed by atoms with van der Waals surface area (Å²) in [5, 5.41) is 19.4. The molecule has 3 aromatic heterocycles. The number of hydrogen-bond donors (Lipinski definition) is 0. The SMILES string of the molecule is O=[N+]([O-])c1ccc(Oc2ccnc3cc(-c4cn(CCN5CCCC5)nn4)sc23)c(F)c1. The highest BCUT2D eigenvalue weighted by atomic mass is 32.1. The monoisotopic (exact) mass is 454 g/mol. The zero-order valence-corrected chi connectivity index (χ0v) is 17.8. The highest BCUT2D eigenvalue weighted by molar-refractivity contribution is 7.22. The predicted molar refractivity (Wildman–Crippen MR) is 117 cm³/mol. The van der Waals surface area contributed by atoms with E-state index < -0.39 is 10.7 Å². The molecule has 1 aromatic carbocycles. The molecule has 9 nitrogen and oxygen atoms in total. The number of aromatic nitrogens is 4. The lowest BCUT2D eigenvalue weighted by molar-refractivity contribution is -0.385. The van der Waals surface area contributed by atoms with Gasteiger partial charge in [-0.05, 0) is 38.1 Å². The molecule has 32 heavy (non-hydrogen) atoms. The number of thiophene rings is 1. The minimum atomic E-state index is -0.804. The number of pyridine rings is 1. The van der Waals surface area contributed by atoms with Crippen molar-refractivity contribution < 1.29 is 14.1 Å². The Bertz CT molecular complexity index is 1280. The van der Waals surface area contributed by atoms with E-state index >= 15 is 0 Å². The van der Waals surface area contributed by atoms with Crippen molar-refractivity contribution in [3.05, 3.63) is 58.7 Å². The molecule has 11 heteroatoms. The average molecular weight is 454 g/mol. The van der Waals surface area contributed by atoms with Crippen molar-refractivity contribution >= 4 is 27.2 Å². The summed E-state index contributed by atoms with van der Waals surface area (Å²) in [6, 6.07) is 6.83.